The maximum atomic E-state index is 10.5. The van der Waals surface area contributed by atoms with Crippen molar-refractivity contribution in [2.45, 2.75) is 4.90 Å². The Labute approximate surface area is 80.6 Å². The van der Waals surface area contributed by atoms with Crippen molar-refractivity contribution in [3.63, 3.8) is 0 Å². The molecule has 0 aromatic heterocycles. The van der Waals surface area contributed by atoms with Crippen LogP contribution in [0.15, 0.2) is 23.1 Å². The summed E-state index contributed by atoms with van der Waals surface area (Å²) in [4.78, 5) is 11.2. The molecule has 0 saturated heterocycles. The average molecular weight is 249 g/mol. The van der Waals surface area contributed by atoms with E-state index in [1.807, 2.05) is 0 Å². The Morgan fingerprint density at radius 2 is 2.17 bits per heavy atom. The van der Waals surface area contributed by atoms with E-state index in [9.17, 15) is 4.79 Å². The Morgan fingerprint density at radius 3 is 2.67 bits per heavy atom. The molecule has 0 aliphatic heterocycles. The highest BCUT2D eigenvalue weighted by Crippen LogP contribution is 2.28. The number of hydrogen-bond acceptors (Lipinski definition) is 3. The van der Waals surface area contributed by atoms with Crippen molar-refractivity contribution in [2.24, 2.45) is 0 Å². The number of carbonyl (C=O) groups is 1. The third-order valence-corrected chi connectivity index (χ3v) is 2.84. The second-order valence-corrected chi connectivity index (χ2v) is 3.66. The molecule has 0 heterocycles. The first-order valence-corrected chi connectivity index (χ1v) is 5.66. The minimum atomic E-state index is -1.13. The molecule has 0 atom stereocenters. The van der Waals surface area contributed by atoms with Crippen LogP contribution in [0.1, 0.15) is 10.4 Å². The number of aromatic hydroxyl groups is 1. The fourth-order valence-electron chi connectivity index (χ4n) is 0.734. The fourth-order valence-corrected chi connectivity index (χ4v) is 1.62. The van der Waals surface area contributed by atoms with Gasteiger partial charge in [-0.05, 0) is 43.2 Å². The number of carboxylic acids is 1. The zero-order chi connectivity index (χ0) is 9.14. The average Bonchev–Trinajstić information content (AvgIpc) is 2.05. The summed E-state index contributed by atoms with van der Waals surface area (Å²) >= 11 is 3.11. The van der Waals surface area contributed by atoms with Gasteiger partial charge < -0.3 is 10.2 Å². The molecule has 12 heavy (non-hydrogen) atoms. The molecule has 0 radical (unpaired) electrons. The standard InChI is InChI=1S/C7H5BrO3S/c8-12-4-1-2-6(9)5(3-4)7(10)11/h1-3,9H,(H,10,11). The Balaban J connectivity index is 3.17. The van der Waals surface area contributed by atoms with Crippen LogP contribution in [0.2, 0.25) is 0 Å². The Bertz CT molecular complexity index is 314. The van der Waals surface area contributed by atoms with E-state index in [1.165, 1.54) is 22.3 Å². The molecule has 2 N–H and O–H groups in total. The van der Waals surface area contributed by atoms with Gasteiger partial charge in [-0.25, -0.2) is 4.79 Å². The molecule has 1 rings (SSSR count). The van der Waals surface area contributed by atoms with Crippen molar-refractivity contribution in [1.29, 1.82) is 0 Å². The summed E-state index contributed by atoms with van der Waals surface area (Å²) in [6.07, 6.45) is 0. The SMILES string of the molecule is O=C(O)c1cc(SBr)ccc1O. The van der Waals surface area contributed by atoms with E-state index >= 15 is 0 Å². The van der Waals surface area contributed by atoms with Gasteiger partial charge in [-0.2, -0.15) is 0 Å². The van der Waals surface area contributed by atoms with E-state index in [0.29, 0.717) is 0 Å². The van der Waals surface area contributed by atoms with Gasteiger partial charge in [-0.1, -0.05) is 0 Å². The molecule has 0 spiro atoms. The van der Waals surface area contributed by atoms with Gasteiger partial charge in [0.2, 0.25) is 0 Å². The van der Waals surface area contributed by atoms with Crippen LogP contribution in [0, 0.1) is 0 Å². The largest absolute Gasteiger partial charge is 0.507 e. The molecular formula is C7H5BrO3S. The fraction of sp³-hybridized carbons (Fsp3) is 0. The number of benzene rings is 1. The number of phenols is 1. The predicted molar refractivity (Wildman–Crippen MR) is 49.9 cm³/mol. The van der Waals surface area contributed by atoms with Crippen LogP contribution >= 0.6 is 25.0 Å². The van der Waals surface area contributed by atoms with Crippen LogP contribution in [0.5, 0.6) is 5.75 Å². The van der Waals surface area contributed by atoms with E-state index in [1.54, 1.807) is 6.07 Å². The lowest BCUT2D eigenvalue weighted by Gasteiger charge is -2.00. The summed E-state index contributed by atoms with van der Waals surface area (Å²) < 4.78 is 0. The maximum Gasteiger partial charge on any atom is 0.339 e. The first kappa shape index (κ1) is 9.41. The van der Waals surface area contributed by atoms with E-state index in [-0.39, 0.29) is 11.3 Å². The molecule has 1 aromatic carbocycles. The highest BCUT2D eigenvalue weighted by atomic mass is 79.9. The topological polar surface area (TPSA) is 57.5 Å². The van der Waals surface area contributed by atoms with Crippen molar-refractivity contribution >= 4 is 31.0 Å². The molecule has 0 unspecified atom stereocenters. The number of rotatable bonds is 2. The summed E-state index contributed by atoms with van der Waals surface area (Å²) in [5.74, 6) is -1.34. The summed E-state index contributed by atoms with van der Waals surface area (Å²) in [6.45, 7) is 0. The molecule has 0 amide bonds. The molecule has 0 aliphatic carbocycles. The molecule has 64 valence electrons. The van der Waals surface area contributed by atoms with Crippen LogP contribution in [0.4, 0.5) is 0 Å². The van der Waals surface area contributed by atoms with Crippen LogP contribution in [-0.2, 0) is 0 Å². The normalized spacial score (nSPS) is 9.75. The van der Waals surface area contributed by atoms with Gasteiger partial charge in [0.15, 0.2) is 0 Å². The first-order valence-electron chi connectivity index (χ1n) is 3.00. The monoisotopic (exact) mass is 248 g/mol. The smallest absolute Gasteiger partial charge is 0.339 e. The Morgan fingerprint density at radius 1 is 1.50 bits per heavy atom. The minimum absolute atomic E-state index is 0.0838. The second-order valence-electron chi connectivity index (χ2n) is 2.06. The summed E-state index contributed by atoms with van der Waals surface area (Å²) in [6, 6.07) is 4.38. The molecule has 0 saturated carbocycles. The molecule has 0 bridgehead atoms. The van der Waals surface area contributed by atoms with Crippen molar-refractivity contribution in [3.05, 3.63) is 23.8 Å². The highest BCUT2D eigenvalue weighted by Gasteiger charge is 2.09. The Kier molecular flexibility index (Phi) is 2.99. The molecule has 1 aromatic rings. The number of carboxylic acid groups (broad SMARTS) is 1. The molecule has 0 fully saturated rings. The van der Waals surface area contributed by atoms with Crippen LogP contribution in [0.25, 0.3) is 0 Å². The van der Waals surface area contributed by atoms with Crippen LogP contribution in [-0.4, -0.2) is 16.2 Å². The van der Waals surface area contributed by atoms with Gasteiger partial charge in [0.05, 0.1) is 0 Å². The van der Waals surface area contributed by atoms with Crippen LogP contribution < -0.4 is 0 Å². The number of aromatic carboxylic acids is 1. The van der Waals surface area contributed by atoms with Gasteiger partial charge in [0, 0.05) is 4.90 Å². The van der Waals surface area contributed by atoms with E-state index < -0.39 is 5.97 Å². The quantitative estimate of drug-likeness (QED) is 0.845. The van der Waals surface area contributed by atoms with Gasteiger partial charge in [0.1, 0.15) is 11.3 Å². The summed E-state index contributed by atoms with van der Waals surface area (Å²) in [5, 5.41) is 17.7. The Hall–Kier alpha value is -0.680. The third kappa shape index (κ3) is 1.92. The minimum Gasteiger partial charge on any atom is -0.507 e. The van der Waals surface area contributed by atoms with Crippen molar-refractivity contribution < 1.29 is 15.0 Å². The van der Waals surface area contributed by atoms with Crippen molar-refractivity contribution in [2.75, 3.05) is 0 Å². The van der Waals surface area contributed by atoms with Gasteiger partial charge in [-0.15, -0.1) is 0 Å². The third-order valence-electron chi connectivity index (χ3n) is 1.29. The lowest BCUT2D eigenvalue weighted by atomic mass is 10.2. The molecular weight excluding hydrogens is 244 g/mol. The first-order chi connectivity index (χ1) is 5.65. The highest BCUT2D eigenvalue weighted by molar-refractivity contribution is 9.50. The van der Waals surface area contributed by atoms with E-state index in [4.69, 9.17) is 10.2 Å². The number of halogens is 1. The molecule has 0 aliphatic rings. The molecule has 5 heteroatoms. The van der Waals surface area contributed by atoms with Gasteiger partial charge in [0.25, 0.3) is 0 Å². The number of hydrogen-bond donors (Lipinski definition) is 2. The van der Waals surface area contributed by atoms with E-state index in [2.05, 4.69) is 14.8 Å². The lowest BCUT2D eigenvalue weighted by Crippen LogP contribution is -1.96. The lowest BCUT2D eigenvalue weighted by molar-refractivity contribution is 0.0693. The second kappa shape index (κ2) is 3.82. The zero-order valence-electron chi connectivity index (χ0n) is 5.82. The van der Waals surface area contributed by atoms with Crippen molar-refractivity contribution in [1.82, 2.24) is 0 Å². The van der Waals surface area contributed by atoms with E-state index in [0.717, 1.165) is 4.90 Å². The van der Waals surface area contributed by atoms with Gasteiger partial charge >= 0.3 is 5.97 Å². The van der Waals surface area contributed by atoms with Crippen molar-refractivity contribution in [3.8, 4) is 5.75 Å². The zero-order valence-corrected chi connectivity index (χ0v) is 8.22. The summed E-state index contributed by atoms with van der Waals surface area (Å²) in [5.41, 5.74) is -0.0838. The summed E-state index contributed by atoms with van der Waals surface area (Å²) in [7, 11) is 1.25. The van der Waals surface area contributed by atoms with Crippen LogP contribution in [0.3, 0.4) is 0 Å². The maximum absolute atomic E-state index is 10.5. The predicted octanol–water partition coefficient (Wildman–Crippen LogP) is 2.49. The van der Waals surface area contributed by atoms with Gasteiger partial charge in [-0.3, -0.25) is 0 Å². The molecule has 3 nitrogen and oxygen atoms in total.